The third-order valence-corrected chi connectivity index (χ3v) is 4.67. The molecule has 2 aromatic rings. The first kappa shape index (κ1) is 16.4. The van der Waals surface area contributed by atoms with Crippen LogP contribution >= 0.6 is 11.8 Å². The van der Waals surface area contributed by atoms with Crippen molar-refractivity contribution in [2.45, 2.75) is 4.90 Å². The van der Waals surface area contributed by atoms with Gasteiger partial charge in [0.2, 0.25) is 0 Å². The van der Waals surface area contributed by atoms with Gasteiger partial charge in [-0.05, 0) is 42.7 Å². The van der Waals surface area contributed by atoms with Gasteiger partial charge in [0.25, 0.3) is 5.91 Å². The van der Waals surface area contributed by atoms with Crippen LogP contribution in [0.3, 0.4) is 0 Å². The van der Waals surface area contributed by atoms with Crippen molar-refractivity contribution in [3.63, 3.8) is 0 Å². The van der Waals surface area contributed by atoms with Crippen molar-refractivity contribution in [3.05, 3.63) is 48.4 Å². The minimum atomic E-state index is -0.142. The van der Waals surface area contributed by atoms with Crippen LogP contribution in [0.1, 0.15) is 10.6 Å². The fraction of sp³-hybridized carbons (Fsp3) is 0.294. The maximum absolute atomic E-state index is 12.3. The van der Waals surface area contributed by atoms with Gasteiger partial charge in [-0.3, -0.25) is 4.79 Å². The van der Waals surface area contributed by atoms with Gasteiger partial charge in [-0.1, -0.05) is 0 Å². The highest BCUT2D eigenvalue weighted by atomic mass is 32.2. The second-order valence-corrected chi connectivity index (χ2v) is 6.29. The maximum Gasteiger partial charge on any atom is 0.321 e. The summed E-state index contributed by atoms with van der Waals surface area (Å²) in [4.78, 5) is 29.1. The van der Waals surface area contributed by atoms with Crippen molar-refractivity contribution < 1.29 is 14.0 Å². The molecule has 1 saturated heterocycles. The second-order valence-electron chi connectivity index (χ2n) is 5.42. The molecule has 2 heterocycles. The molecule has 24 heavy (non-hydrogen) atoms. The molecule has 6 nitrogen and oxygen atoms in total. The number of hydrogen-bond donors (Lipinski definition) is 1. The molecule has 1 aliphatic heterocycles. The van der Waals surface area contributed by atoms with Crippen LogP contribution in [0.4, 0.5) is 10.5 Å². The smallest absolute Gasteiger partial charge is 0.321 e. The van der Waals surface area contributed by atoms with Gasteiger partial charge in [-0.25, -0.2) is 4.79 Å². The van der Waals surface area contributed by atoms with Gasteiger partial charge in [0.05, 0.1) is 6.26 Å². The van der Waals surface area contributed by atoms with E-state index in [4.69, 9.17) is 4.42 Å². The second kappa shape index (κ2) is 7.44. The molecule has 0 radical (unpaired) electrons. The fourth-order valence-corrected chi connectivity index (χ4v) is 2.95. The monoisotopic (exact) mass is 345 g/mol. The first-order valence-electron chi connectivity index (χ1n) is 7.70. The van der Waals surface area contributed by atoms with E-state index in [-0.39, 0.29) is 11.9 Å². The zero-order chi connectivity index (χ0) is 16.9. The number of furan rings is 1. The van der Waals surface area contributed by atoms with Crippen LogP contribution in [0.15, 0.2) is 52.0 Å². The molecule has 126 valence electrons. The molecule has 7 heteroatoms. The van der Waals surface area contributed by atoms with Crippen LogP contribution in [0.25, 0.3) is 0 Å². The number of carbonyl (C=O) groups excluding carboxylic acids is 2. The van der Waals surface area contributed by atoms with Crippen LogP contribution < -0.4 is 5.32 Å². The lowest BCUT2D eigenvalue weighted by Gasteiger charge is -2.34. The highest BCUT2D eigenvalue weighted by Crippen LogP contribution is 2.18. The number of piperazine rings is 1. The molecule has 0 spiro atoms. The van der Waals surface area contributed by atoms with Gasteiger partial charge in [-0.15, -0.1) is 11.8 Å². The van der Waals surface area contributed by atoms with Gasteiger partial charge in [0.15, 0.2) is 5.76 Å². The molecular formula is C17H19N3O3S. The van der Waals surface area contributed by atoms with Crippen molar-refractivity contribution in [1.82, 2.24) is 9.80 Å². The minimum Gasteiger partial charge on any atom is -0.459 e. The van der Waals surface area contributed by atoms with E-state index in [1.807, 2.05) is 30.5 Å². The van der Waals surface area contributed by atoms with Gasteiger partial charge in [-0.2, -0.15) is 0 Å². The standard InChI is InChI=1S/C17H19N3O3S/c1-24-14-6-4-13(5-7-14)18-17(22)20-10-8-19(9-11-20)16(21)15-3-2-12-23-15/h2-7,12H,8-11H2,1H3,(H,18,22). The molecule has 3 amide bonds. The van der Waals surface area contributed by atoms with Crippen molar-refractivity contribution >= 4 is 29.4 Å². The van der Waals surface area contributed by atoms with Crippen molar-refractivity contribution in [2.75, 3.05) is 37.8 Å². The number of nitrogens with zero attached hydrogens (tertiary/aromatic N) is 2. The lowest BCUT2D eigenvalue weighted by Crippen LogP contribution is -2.51. The lowest BCUT2D eigenvalue weighted by atomic mass is 10.3. The molecule has 1 aliphatic rings. The largest absolute Gasteiger partial charge is 0.459 e. The Labute approximate surface area is 144 Å². The summed E-state index contributed by atoms with van der Waals surface area (Å²) in [5.74, 6) is 0.203. The predicted molar refractivity (Wildman–Crippen MR) is 93.4 cm³/mol. The van der Waals surface area contributed by atoms with E-state index in [1.165, 1.54) is 6.26 Å². The molecule has 0 bridgehead atoms. The van der Waals surface area contributed by atoms with Gasteiger partial charge in [0.1, 0.15) is 0 Å². The van der Waals surface area contributed by atoms with Crippen molar-refractivity contribution in [2.24, 2.45) is 0 Å². The predicted octanol–water partition coefficient (Wildman–Crippen LogP) is 2.99. The first-order valence-corrected chi connectivity index (χ1v) is 8.92. The highest BCUT2D eigenvalue weighted by molar-refractivity contribution is 7.98. The Morgan fingerprint density at radius 3 is 2.29 bits per heavy atom. The van der Waals surface area contributed by atoms with Crippen LogP contribution in [0, 0.1) is 0 Å². The van der Waals surface area contributed by atoms with E-state index in [1.54, 1.807) is 33.7 Å². The fourth-order valence-electron chi connectivity index (χ4n) is 2.55. The van der Waals surface area contributed by atoms with Crippen LogP contribution in [-0.2, 0) is 0 Å². The number of thioether (sulfide) groups is 1. The lowest BCUT2D eigenvalue weighted by molar-refractivity contribution is 0.0640. The summed E-state index contributed by atoms with van der Waals surface area (Å²) in [6.45, 7) is 2.00. The summed E-state index contributed by atoms with van der Waals surface area (Å²) in [6, 6.07) is 10.9. The Hall–Kier alpha value is -2.41. The average molecular weight is 345 g/mol. The third kappa shape index (κ3) is 3.73. The number of urea groups is 1. The van der Waals surface area contributed by atoms with E-state index in [0.717, 1.165) is 10.6 Å². The Morgan fingerprint density at radius 2 is 1.71 bits per heavy atom. The van der Waals surface area contributed by atoms with Gasteiger partial charge >= 0.3 is 6.03 Å². The summed E-state index contributed by atoms with van der Waals surface area (Å²) in [6.07, 6.45) is 3.50. The number of rotatable bonds is 3. The van der Waals surface area contributed by atoms with E-state index >= 15 is 0 Å². The molecule has 0 aliphatic carbocycles. The van der Waals surface area contributed by atoms with E-state index < -0.39 is 0 Å². The number of benzene rings is 1. The molecule has 1 N–H and O–H groups in total. The van der Waals surface area contributed by atoms with Crippen molar-refractivity contribution in [1.29, 1.82) is 0 Å². The molecule has 1 aromatic heterocycles. The minimum absolute atomic E-state index is 0.132. The summed E-state index contributed by atoms with van der Waals surface area (Å²) in [5.41, 5.74) is 0.770. The number of anilines is 1. The normalized spacial score (nSPS) is 14.5. The first-order chi connectivity index (χ1) is 11.7. The van der Waals surface area contributed by atoms with E-state index in [2.05, 4.69) is 5.32 Å². The summed E-state index contributed by atoms with van der Waals surface area (Å²) < 4.78 is 5.13. The number of carbonyl (C=O) groups is 2. The maximum atomic E-state index is 12.3. The molecule has 0 atom stereocenters. The number of hydrogen-bond acceptors (Lipinski definition) is 4. The van der Waals surface area contributed by atoms with Crippen molar-refractivity contribution in [3.8, 4) is 0 Å². The van der Waals surface area contributed by atoms with Crippen LogP contribution in [-0.4, -0.2) is 54.2 Å². The topological polar surface area (TPSA) is 65.8 Å². The summed E-state index contributed by atoms with van der Waals surface area (Å²) in [7, 11) is 0. The molecule has 0 saturated carbocycles. The SMILES string of the molecule is CSc1ccc(NC(=O)N2CCN(C(=O)c3ccco3)CC2)cc1. The molecule has 3 rings (SSSR count). The van der Waals surface area contributed by atoms with Crippen LogP contribution in [0.5, 0.6) is 0 Å². The Balaban J connectivity index is 1.52. The zero-order valence-electron chi connectivity index (χ0n) is 13.4. The quantitative estimate of drug-likeness (QED) is 0.869. The van der Waals surface area contributed by atoms with E-state index in [0.29, 0.717) is 31.9 Å². The molecule has 1 aromatic carbocycles. The Kier molecular flexibility index (Phi) is 5.10. The molecule has 1 fully saturated rings. The third-order valence-electron chi connectivity index (χ3n) is 3.93. The van der Waals surface area contributed by atoms with Gasteiger partial charge in [0, 0.05) is 36.8 Å². The number of nitrogens with one attached hydrogen (secondary N) is 1. The molecular weight excluding hydrogens is 326 g/mol. The summed E-state index contributed by atoms with van der Waals surface area (Å²) in [5, 5.41) is 2.89. The average Bonchev–Trinajstić information content (AvgIpc) is 3.16. The number of amides is 3. The summed E-state index contributed by atoms with van der Waals surface area (Å²) >= 11 is 1.66. The molecule has 0 unspecified atom stereocenters. The highest BCUT2D eigenvalue weighted by Gasteiger charge is 2.26. The zero-order valence-corrected chi connectivity index (χ0v) is 14.2. The Bertz CT molecular complexity index is 692. The Morgan fingerprint density at radius 1 is 1.04 bits per heavy atom. The van der Waals surface area contributed by atoms with Gasteiger partial charge < -0.3 is 19.5 Å². The van der Waals surface area contributed by atoms with E-state index in [9.17, 15) is 9.59 Å². The van der Waals surface area contributed by atoms with Crippen LogP contribution in [0.2, 0.25) is 0 Å².